The molecule has 2 aromatic rings. The van der Waals surface area contributed by atoms with E-state index in [1.54, 1.807) is 35.1 Å². The van der Waals surface area contributed by atoms with E-state index in [1.165, 1.54) is 0 Å². The second kappa shape index (κ2) is 9.18. The summed E-state index contributed by atoms with van der Waals surface area (Å²) in [5.41, 5.74) is 1.06. The smallest absolute Gasteiger partial charge is 0.193 e. The second-order valence-electron chi connectivity index (χ2n) is 5.89. The maximum atomic E-state index is 12.4. The fourth-order valence-corrected chi connectivity index (χ4v) is 3.79. The second-order valence-corrected chi connectivity index (χ2v) is 8.91. The molecule has 1 aromatic carbocycles. The van der Waals surface area contributed by atoms with Crippen molar-refractivity contribution < 1.29 is 8.42 Å². The van der Waals surface area contributed by atoms with Gasteiger partial charge in [-0.1, -0.05) is 15.9 Å². The zero-order chi connectivity index (χ0) is 19.2. The highest BCUT2D eigenvalue weighted by atomic mass is 79.9. The van der Waals surface area contributed by atoms with Crippen molar-refractivity contribution in [1.29, 1.82) is 0 Å². The molecule has 9 heteroatoms. The molecule has 0 fully saturated rings. The van der Waals surface area contributed by atoms with Gasteiger partial charge in [0.15, 0.2) is 15.8 Å². The maximum absolute atomic E-state index is 12.4. The van der Waals surface area contributed by atoms with Gasteiger partial charge in [0, 0.05) is 43.4 Å². The topological polar surface area (TPSA) is 79.6 Å². The minimum Gasteiger partial charge on any atom is -0.357 e. The quantitative estimate of drug-likeness (QED) is 0.525. The maximum Gasteiger partial charge on any atom is 0.193 e. The number of hydrogen-bond donors (Lipinski definition) is 1. The number of aromatic nitrogens is 2. The fraction of sp³-hybridized carbons (Fsp3) is 0.412. The van der Waals surface area contributed by atoms with Gasteiger partial charge < -0.3 is 10.2 Å². The lowest BCUT2D eigenvalue weighted by molar-refractivity contribution is 0.477. The Balaban J connectivity index is 2.02. The van der Waals surface area contributed by atoms with Gasteiger partial charge in [-0.2, -0.15) is 5.10 Å². The Morgan fingerprint density at radius 2 is 2.04 bits per heavy atom. The number of nitrogens with zero attached hydrogens (tertiary/aromatic N) is 4. The summed E-state index contributed by atoms with van der Waals surface area (Å²) in [5, 5.41) is 7.35. The lowest BCUT2D eigenvalue weighted by atomic mass is 10.3. The predicted molar refractivity (Wildman–Crippen MR) is 107 cm³/mol. The number of halogens is 1. The van der Waals surface area contributed by atoms with E-state index in [2.05, 4.69) is 31.3 Å². The zero-order valence-corrected chi connectivity index (χ0v) is 17.6. The van der Waals surface area contributed by atoms with Crippen molar-refractivity contribution in [3.8, 4) is 0 Å². The molecule has 1 aromatic heterocycles. The Morgan fingerprint density at radius 1 is 1.35 bits per heavy atom. The molecule has 7 nitrogen and oxygen atoms in total. The molecule has 0 aliphatic carbocycles. The first-order valence-electron chi connectivity index (χ1n) is 8.27. The number of nitrogens with one attached hydrogen (secondary N) is 1. The Morgan fingerprint density at radius 3 is 2.62 bits per heavy atom. The third-order valence-corrected chi connectivity index (χ3v) is 5.91. The summed E-state index contributed by atoms with van der Waals surface area (Å²) in [6.07, 6.45) is 3.75. The highest BCUT2D eigenvalue weighted by Gasteiger charge is 2.14. The molecule has 0 spiro atoms. The molecule has 2 rings (SSSR count). The van der Waals surface area contributed by atoms with Crippen LogP contribution in [0.15, 0.2) is 51.0 Å². The number of sulfone groups is 1. The molecule has 0 atom stereocenters. The van der Waals surface area contributed by atoms with E-state index < -0.39 is 9.84 Å². The molecule has 26 heavy (non-hydrogen) atoms. The number of rotatable bonds is 7. The summed E-state index contributed by atoms with van der Waals surface area (Å²) in [5.74, 6) is 0.631. The van der Waals surface area contributed by atoms with E-state index >= 15 is 0 Å². The number of benzene rings is 1. The molecule has 0 saturated heterocycles. The van der Waals surface area contributed by atoms with Gasteiger partial charge >= 0.3 is 0 Å². The number of aliphatic imine (C=N–C) groups is 1. The van der Waals surface area contributed by atoms with E-state index in [4.69, 9.17) is 0 Å². The monoisotopic (exact) mass is 441 g/mol. The van der Waals surface area contributed by atoms with Crippen LogP contribution in [0, 0.1) is 0 Å². The molecule has 1 N–H and O–H groups in total. The number of hydrogen-bond acceptors (Lipinski definition) is 4. The molecule has 0 amide bonds. The van der Waals surface area contributed by atoms with Crippen LogP contribution in [-0.4, -0.2) is 54.9 Å². The Bertz CT molecular complexity index is 846. The predicted octanol–water partition coefficient (Wildman–Crippen LogP) is 2.05. The van der Waals surface area contributed by atoms with Gasteiger partial charge in [-0.25, -0.2) is 8.42 Å². The molecule has 142 valence electrons. The zero-order valence-electron chi connectivity index (χ0n) is 15.2. The summed E-state index contributed by atoms with van der Waals surface area (Å²) >= 11 is 3.31. The Hall–Kier alpha value is -1.87. The van der Waals surface area contributed by atoms with Crippen LogP contribution in [0.4, 0.5) is 0 Å². The van der Waals surface area contributed by atoms with Gasteiger partial charge in [0.25, 0.3) is 0 Å². The van der Waals surface area contributed by atoms with Crippen LogP contribution in [0.3, 0.4) is 0 Å². The van der Waals surface area contributed by atoms with Crippen molar-refractivity contribution in [1.82, 2.24) is 20.0 Å². The Kier molecular flexibility index (Phi) is 7.22. The lowest BCUT2D eigenvalue weighted by Crippen LogP contribution is -2.38. The van der Waals surface area contributed by atoms with Crippen LogP contribution in [0.25, 0.3) is 0 Å². The van der Waals surface area contributed by atoms with Gasteiger partial charge in [-0.05, 0) is 31.2 Å². The van der Waals surface area contributed by atoms with Crippen LogP contribution < -0.4 is 5.32 Å². The van der Waals surface area contributed by atoms with Crippen molar-refractivity contribution in [2.45, 2.75) is 18.4 Å². The summed E-state index contributed by atoms with van der Waals surface area (Å²) in [7, 11) is 0.429. The van der Waals surface area contributed by atoms with Gasteiger partial charge in [-0.3, -0.25) is 9.67 Å². The van der Waals surface area contributed by atoms with E-state index in [1.807, 2.05) is 32.1 Å². The van der Waals surface area contributed by atoms with E-state index in [0.29, 0.717) is 23.9 Å². The first-order chi connectivity index (χ1) is 12.3. The van der Waals surface area contributed by atoms with Gasteiger partial charge in [-0.15, -0.1) is 0 Å². The molecule has 0 aliphatic rings. The number of guanidine groups is 1. The average Bonchev–Trinajstić information content (AvgIpc) is 2.99. The van der Waals surface area contributed by atoms with Crippen molar-refractivity contribution in [3.05, 3.63) is 46.7 Å². The summed E-state index contributed by atoms with van der Waals surface area (Å²) in [4.78, 5) is 6.72. The number of aryl methyl sites for hydroxylation is 1. The molecule has 0 radical (unpaired) electrons. The molecule has 0 unspecified atom stereocenters. The summed E-state index contributed by atoms with van der Waals surface area (Å²) in [6, 6.07) is 6.65. The molecule has 0 saturated carbocycles. The highest BCUT2D eigenvalue weighted by molar-refractivity contribution is 9.10. The molecule has 1 heterocycles. The largest absolute Gasteiger partial charge is 0.357 e. The normalized spacial score (nSPS) is 12.2. The fourth-order valence-electron chi connectivity index (χ4n) is 2.40. The molecular formula is C17H24BrN5O2S. The van der Waals surface area contributed by atoms with E-state index in [0.717, 1.165) is 10.0 Å². The van der Waals surface area contributed by atoms with Crippen molar-refractivity contribution in [3.63, 3.8) is 0 Å². The third kappa shape index (κ3) is 5.84. The first kappa shape index (κ1) is 20.4. The minimum absolute atomic E-state index is 0.0374. The molecular weight excluding hydrogens is 418 g/mol. The first-order valence-corrected chi connectivity index (χ1v) is 10.7. The van der Waals surface area contributed by atoms with Crippen LogP contribution >= 0.6 is 15.9 Å². The van der Waals surface area contributed by atoms with Crippen molar-refractivity contribution >= 4 is 31.7 Å². The Labute approximate surface area is 163 Å². The van der Waals surface area contributed by atoms with Crippen molar-refractivity contribution in [2.75, 3.05) is 25.9 Å². The van der Waals surface area contributed by atoms with Crippen LogP contribution in [0.5, 0.6) is 0 Å². The van der Waals surface area contributed by atoms with E-state index in [9.17, 15) is 8.42 Å². The van der Waals surface area contributed by atoms with Gasteiger partial charge in [0.05, 0.1) is 23.4 Å². The lowest BCUT2D eigenvalue weighted by Gasteiger charge is -2.21. The van der Waals surface area contributed by atoms with E-state index in [-0.39, 0.29) is 12.3 Å². The molecule has 0 aliphatic heterocycles. The highest BCUT2D eigenvalue weighted by Crippen LogP contribution is 2.15. The minimum atomic E-state index is -3.36. The van der Waals surface area contributed by atoms with Crippen LogP contribution in [-0.2, 0) is 23.4 Å². The van der Waals surface area contributed by atoms with Crippen LogP contribution in [0.2, 0.25) is 0 Å². The standard InChI is InChI=1S/C17H24BrN5O2S/c1-4-19-17(22(2)12-14-11-21-23(3)13-14)20-9-10-26(24,25)16-7-5-15(18)6-8-16/h5-8,11,13H,4,9-10,12H2,1-3H3,(H,19,20). The SMILES string of the molecule is CCNC(=NCCS(=O)(=O)c1ccc(Br)cc1)N(C)Cc1cnn(C)c1. The average molecular weight is 442 g/mol. The van der Waals surface area contributed by atoms with Gasteiger partial charge in [0.1, 0.15) is 0 Å². The van der Waals surface area contributed by atoms with Crippen molar-refractivity contribution in [2.24, 2.45) is 12.0 Å². The summed E-state index contributed by atoms with van der Waals surface area (Å²) < 4.78 is 27.4. The third-order valence-electron chi connectivity index (χ3n) is 3.67. The summed E-state index contributed by atoms with van der Waals surface area (Å²) in [6.45, 7) is 3.51. The van der Waals surface area contributed by atoms with Gasteiger partial charge in [0.2, 0.25) is 0 Å². The van der Waals surface area contributed by atoms with Crippen LogP contribution in [0.1, 0.15) is 12.5 Å². The molecule has 0 bridgehead atoms.